The van der Waals surface area contributed by atoms with Crippen molar-refractivity contribution in [3.8, 4) is 17.0 Å². The maximum atomic E-state index is 6.00. The Morgan fingerprint density at radius 2 is 1.73 bits per heavy atom. The number of unbranched alkanes of at least 4 members (excludes halogenated alkanes) is 5. The lowest BCUT2D eigenvalue weighted by atomic mass is 10.1. The highest BCUT2D eigenvalue weighted by molar-refractivity contribution is 5.67. The zero-order chi connectivity index (χ0) is 15.6. The molecule has 0 N–H and O–H groups in total. The summed E-state index contributed by atoms with van der Waals surface area (Å²) in [6, 6.07) is 12.3. The van der Waals surface area contributed by atoms with Gasteiger partial charge in [0.25, 0.3) is 0 Å². The molecule has 0 spiro atoms. The van der Waals surface area contributed by atoms with E-state index in [0.717, 1.165) is 30.0 Å². The molecule has 0 aliphatic carbocycles. The summed E-state index contributed by atoms with van der Waals surface area (Å²) in [7, 11) is 0. The number of pyridine rings is 1. The molecule has 0 radical (unpaired) electrons. The zero-order valence-electron chi connectivity index (χ0n) is 13.8. The molecule has 0 saturated carbocycles. The van der Waals surface area contributed by atoms with Crippen molar-refractivity contribution in [3.63, 3.8) is 0 Å². The number of ether oxygens (including phenoxy) is 1. The Morgan fingerprint density at radius 3 is 2.55 bits per heavy atom. The number of hydrogen-bond donors (Lipinski definition) is 0. The number of aromatic nitrogens is 1. The van der Waals surface area contributed by atoms with Crippen LogP contribution in [-0.4, -0.2) is 11.6 Å². The number of benzene rings is 1. The fraction of sp³-hybridized carbons (Fsp3) is 0.450. The van der Waals surface area contributed by atoms with Crippen molar-refractivity contribution in [3.05, 3.63) is 48.2 Å². The summed E-state index contributed by atoms with van der Waals surface area (Å²) in [5.74, 6) is 0.939. The molecule has 2 nitrogen and oxygen atoms in total. The Hall–Kier alpha value is -1.83. The molecule has 0 aliphatic rings. The average Bonchev–Trinajstić information content (AvgIpc) is 2.54. The molecule has 0 amide bonds. The first-order chi connectivity index (χ1) is 10.8. The fourth-order valence-corrected chi connectivity index (χ4v) is 2.55. The van der Waals surface area contributed by atoms with Crippen LogP contribution in [0.1, 0.15) is 51.0 Å². The SMILES string of the molecule is CCCCCCCCOc1ccccc1-c1cc(C)ccn1. The Balaban J connectivity index is 1.89. The summed E-state index contributed by atoms with van der Waals surface area (Å²) in [6.07, 6.45) is 9.55. The van der Waals surface area contributed by atoms with Gasteiger partial charge in [-0.25, -0.2) is 0 Å². The van der Waals surface area contributed by atoms with Crippen LogP contribution in [-0.2, 0) is 0 Å². The van der Waals surface area contributed by atoms with Crippen molar-refractivity contribution in [2.24, 2.45) is 0 Å². The topological polar surface area (TPSA) is 22.1 Å². The van der Waals surface area contributed by atoms with E-state index in [9.17, 15) is 0 Å². The van der Waals surface area contributed by atoms with Crippen molar-refractivity contribution in [2.45, 2.75) is 52.4 Å². The third kappa shape index (κ3) is 5.18. The Kier molecular flexibility index (Phi) is 6.95. The monoisotopic (exact) mass is 297 g/mol. The fourth-order valence-electron chi connectivity index (χ4n) is 2.55. The van der Waals surface area contributed by atoms with Crippen LogP contribution >= 0.6 is 0 Å². The summed E-state index contributed by atoms with van der Waals surface area (Å²) < 4.78 is 6.00. The molecule has 22 heavy (non-hydrogen) atoms. The van der Waals surface area contributed by atoms with E-state index in [2.05, 4.69) is 31.0 Å². The summed E-state index contributed by atoms with van der Waals surface area (Å²) in [6.45, 7) is 5.12. The smallest absolute Gasteiger partial charge is 0.128 e. The van der Waals surface area contributed by atoms with E-state index < -0.39 is 0 Å². The molecule has 2 rings (SSSR count). The quantitative estimate of drug-likeness (QED) is 0.546. The second-order valence-electron chi connectivity index (χ2n) is 5.83. The van der Waals surface area contributed by atoms with Gasteiger partial charge in [-0.15, -0.1) is 0 Å². The standard InChI is InChI=1S/C20H27NO/c1-3-4-5-6-7-10-15-22-20-12-9-8-11-18(20)19-16-17(2)13-14-21-19/h8-9,11-14,16H,3-7,10,15H2,1-2H3. The minimum absolute atomic E-state index is 0.787. The van der Waals surface area contributed by atoms with Gasteiger partial charge in [0.05, 0.1) is 12.3 Å². The summed E-state index contributed by atoms with van der Waals surface area (Å²) in [5, 5.41) is 0. The molecule has 0 saturated heterocycles. The molecule has 118 valence electrons. The number of para-hydroxylation sites is 1. The number of aryl methyl sites for hydroxylation is 1. The molecule has 2 aromatic rings. The van der Waals surface area contributed by atoms with Gasteiger partial charge >= 0.3 is 0 Å². The second kappa shape index (κ2) is 9.24. The molecule has 0 atom stereocenters. The summed E-state index contributed by atoms with van der Waals surface area (Å²) >= 11 is 0. The Bertz CT molecular complexity index is 565. The molecule has 0 unspecified atom stereocenters. The highest BCUT2D eigenvalue weighted by Gasteiger charge is 2.07. The van der Waals surface area contributed by atoms with Crippen LogP contribution < -0.4 is 4.74 Å². The van der Waals surface area contributed by atoms with E-state index in [-0.39, 0.29) is 0 Å². The van der Waals surface area contributed by atoms with E-state index in [4.69, 9.17) is 4.74 Å². The highest BCUT2D eigenvalue weighted by atomic mass is 16.5. The van der Waals surface area contributed by atoms with Gasteiger partial charge in [-0.2, -0.15) is 0 Å². The van der Waals surface area contributed by atoms with Crippen LogP contribution in [0.5, 0.6) is 5.75 Å². The van der Waals surface area contributed by atoms with Crippen molar-refractivity contribution in [1.82, 2.24) is 4.98 Å². The third-order valence-corrected chi connectivity index (χ3v) is 3.83. The molecule has 1 aromatic carbocycles. The molecular formula is C20H27NO. The Labute approximate surface area is 134 Å². The van der Waals surface area contributed by atoms with Gasteiger partial charge in [-0.05, 0) is 43.2 Å². The molecule has 0 fully saturated rings. The first-order valence-electron chi connectivity index (χ1n) is 8.46. The lowest BCUT2D eigenvalue weighted by Crippen LogP contribution is -1.99. The van der Waals surface area contributed by atoms with E-state index in [1.165, 1.54) is 37.7 Å². The molecular weight excluding hydrogens is 270 g/mol. The maximum absolute atomic E-state index is 6.00. The van der Waals surface area contributed by atoms with Crippen LogP contribution in [0.25, 0.3) is 11.3 Å². The zero-order valence-corrected chi connectivity index (χ0v) is 13.8. The van der Waals surface area contributed by atoms with Crippen molar-refractivity contribution < 1.29 is 4.74 Å². The van der Waals surface area contributed by atoms with Crippen LogP contribution in [0.15, 0.2) is 42.6 Å². The van der Waals surface area contributed by atoms with Crippen molar-refractivity contribution in [2.75, 3.05) is 6.61 Å². The largest absolute Gasteiger partial charge is 0.493 e. The van der Waals surface area contributed by atoms with Crippen LogP contribution in [0.2, 0.25) is 0 Å². The Morgan fingerprint density at radius 1 is 0.955 bits per heavy atom. The second-order valence-corrected chi connectivity index (χ2v) is 5.83. The highest BCUT2D eigenvalue weighted by Crippen LogP contribution is 2.28. The number of hydrogen-bond acceptors (Lipinski definition) is 2. The minimum atomic E-state index is 0.787. The van der Waals surface area contributed by atoms with Gasteiger partial charge in [-0.1, -0.05) is 51.2 Å². The van der Waals surface area contributed by atoms with Gasteiger partial charge in [0, 0.05) is 11.8 Å². The van der Waals surface area contributed by atoms with E-state index >= 15 is 0 Å². The summed E-state index contributed by atoms with van der Waals surface area (Å²) in [4.78, 5) is 4.47. The first-order valence-corrected chi connectivity index (χ1v) is 8.46. The molecule has 2 heteroatoms. The lowest BCUT2D eigenvalue weighted by molar-refractivity contribution is 0.305. The van der Waals surface area contributed by atoms with Crippen molar-refractivity contribution in [1.29, 1.82) is 0 Å². The predicted octanol–water partition coefficient (Wildman–Crippen LogP) is 5.80. The number of rotatable bonds is 9. The minimum Gasteiger partial charge on any atom is -0.493 e. The maximum Gasteiger partial charge on any atom is 0.128 e. The average molecular weight is 297 g/mol. The van der Waals surface area contributed by atoms with Crippen LogP contribution in [0, 0.1) is 6.92 Å². The number of nitrogens with zero attached hydrogens (tertiary/aromatic N) is 1. The lowest BCUT2D eigenvalue weighted by Gasteiger charge is -2.11. The van der Waals surface area contributed by atoms with Gasteiger partial charge < -0.3 is 4.74 Å². The van der Waals surface area contributed by atoms with Gasteiger partial charge in [0.2, 0.25) is 0 Å². The normalized spacial score (nSPS) is 10.6. The van der Waals surface area contributed by atoms with Gasteiger partial charge in [0.1, 0.15) is 5.75 Å². The van der Waals surface area contributed by atoms with E-state index in [1.54, 1.807) is 0 Å². The third-order valence-electron chi connectivity index (χ3n) is 3.83. The summed E-state index contributed by atoms with van der Waals surface area (Å²) in [5.41, 5.74) is 3.28. The van der Waals surface area contributed by atoms with Crippen LogP contribution in [0.3, 0.4) is 0 Å². The van der Waals surface area contributed by atoms with Crippen LogP contribution in [0.4, 0.5) is 0 Å². The van der Waals surface area contributed by atoms with Gasteiger partial charge in [-0.3, -0.25) is 4.98 Å². The van der Waals surface area contributed by atoms with Crippen molar-refractivity contribution >= 4 is 0 Å². The molecule has 1 heterocycles. The molecule has 1 aromatic heterocycles. The molecule has 0 bridgehead atoms. The van der Waals surface area contributed by atoms with Gasteiger partial charge in [0.15, 0.2) is 0 Å². The van der Waals surface area contributed by atoms with E-state index in [0.29, 0.717) is 0 Å². The van der Waals surface area contributed by atoms with E-state index in [1.807, 2.05) is 30.5 Å². The first kappa shape index (κ1) is 16.5. The predicted molar refractivity (Wildman–Crippen MR) is 93.3 cm³/mol. The molecule has 0 aliphatic heterocycles.